The number of aromatic nitrogens is 2. The van der Waals surface area contributed by atoms with Gasteiger partial charge in [0.25, 0.3) is 0 Å². The van der Waals surface area contributed by atoms with Crippen molar-refractivity contribution in [3.8, 4) is 0 Å². The van der Waals surface area contributed by atoms with E-state index >= 15 is 0 Å². The van der Waals surface area contributed by atoms with Crippen molar-refractivity contribution in [1.29, 1.82) is 0 Å². The highest BCUT2D eigenvalue weighted by atomic mass is 16.5. The highest BCUT2D eigenvalue weighted by Crippen LogP contribution is 2.32. The minimum absolute atomic E-state index is 0.347. The molecule has 1 aromatic rings. The van der Waals surface area contributed by atoms with E-state index in [2.05, 4.69) is 15.5 Å². The molecule has 1 fully saturated rings. The van der Waals surface area contributed by atoms with Gasteiger partial charge in [0.2, 0.25) is 5.89 Å². The van der Waals surface area contributed by atoms with Crippen LogP contribution in [0.3, 0.4) is 0 Å². The number of nitrogens with one attached hydrogen (secondary N) is 1. The smallest absolute Gasteiger partial charge is 0.323 e. The standard InChI is InChI=1S/C11H17N3O3/c1-2-4-9-13-8(14-17-9)7-12-11(10(15)16)5-3-6-11/h12H,2-7H2,1H3,(H,15,16). The van der Waals surface area contributed by atoms with Gasteiger partial charge in [0.05, 0.1) is 6.54 Å². The summed E-state index contributed by atoms with van der Waals surface area (Å²) in [5.74, 6) is 0.351. The van der Waals surface area contributed by atoms with Crippen LogP contribution in [-0.4, -0.2) is 26.8 Å². The van der Waals surface area contributed by atoms with Gasteiger partial charge in [0.1, 0.15) is 5.54 Å². The lowest BCUT2D eigenvalue weighted by molar-refractivity contribution is -0.148. The zero-order valence-corrected chi connectivity index (χ0v) is 9.90. The Morgan fingerprint density at radius 1 is 1.59 bits per heavy atom. The normalized spacial score (nSPS) is 17.7. The van der Waals surface area contributed by atoms with Crippen LogP contribution in [0.25, 0.3) is 0 Å². The third-order valence-electron chi connectivity index (χ3n) is 3.18. The average Bonchev–Trinajstić information content (AvgIpc) is 2.64. The fourth-order valence-electron chi connectivity index (χ4n) is 1.92. The number of carboxylic acid groups (broad SMARTS) is 1. The second-order valence-corrected chi connectivity index (χ2v) is 4.45. The van der Waals surface area contributed by atoms with Crippen LogP contribution in [0, 0.1) is 0 Å². The van der Waals surface area contributed by atoms with E-state index in [4.69, 9.17) is 9.63 Å². The second kappa shape index (κ2) is 4.83. The van der Waals surface area contributed by atoms with Crippen LogP contribution in [0.1, 0.15) is 44.3 Å². The number of carbonyl (C=O) groups is 1. The van der Waals surface area contributed by atoms with Gasteiger partial charge in [-0.3, -0.25) is 10.1 Å². The SMILES string of the molecule is CCCc1nc(CNC2(C(=O)O)CCC2)no1. The summed E-state index contributed by atoms with van der Waals surface area (Å²) in [5.41, 5.74) is -0.772. The van der Waals surface area contributed by atoms with Crippen LogP contribution in [0.5, 0.6) is 0 Å². The lowest BCUT2D eigenvalue weighted by Gasteiger charge is -2.38. The molecule has 1 saturated carbocycles. The van der Waals surface area contributed by atoms with Gasteiger partial charge in [0.15, 0.2) is 5.82 Å². The van der Waals surface area contributed by atoms with Crippen LogP contribution < -0.4 is 5.32 Å². The maximum atomic E-state index is 11.1. The van der Waals surface area contributed by atoms with E-state index in [9.17, 15) is 4.79 Å². The minimum Gasteiger partial charge on any atom is -0.480 e. The number of aliphatic carboxylic acids is 1. The van der Waals surface area contributed by atoms with E-state index in [0.717, 1.165) is 19.3 Å². The lowest BCUT2D eigenvalue weighted by atomic mass is 9.77. The molecule has 0 spiro atoms. The molecule has 1 aromatic heterocycles. The van der Waals surface area contributed by atoms with E-state index in [1.165, 1.54) is 0 Å². The molecular weight excluding hydrogens is 222 g/mol. The van der Waals surface area contributed by atoms with E-state index in [1.54, 1.807) is 0 Å². The highest BCUT2D eigenvalue weighted by molar-refractivity contribution is 5.79. The van der Waals surface area contributed by atoms with Crippen LogP contribution in [0.4, 0.5) is 0 Å². The number of nitrogens with zero attached hydrogens (tertiary/aromatic N) is 2. The molecular formula is C11H17N3O3. The van der Waals surface area contributed by atoms with E-state index in [-0.39, 0.29) is 0 Å². The number of rotatable bonds is 6. The Hall–Kier alpha value is -1.43. The first-order valence-corrected chi connectivity index (χ1v) is 5.96. The summed E-state index contributed by atoms with van der Waals surface area (Å²) in [6.07, 6.45) is 4.00. The molecule has 17 heavy (non-hydrogen) atoms. The first-order chi connectivity index (χ1) is 8.16. The van der Waals surface area contributed by atoms with Gasteiger partial charge in [-0.05, 0) is 25.7 Å². The van der Waals surface area contributed by atoms with Gasteiger partial charge in [0, 0.05) is 6.42 Å². The lowest BCUT2D eigenvalue weighted by Crippen LogP contribution is -2.56. The summed E-state index contributed by atoms with van der Waals surface area (Å²) in [5, 5.41) is 16.0. The maximum absolute atomic E-state index is 11.1. The fraction of sp³-hybridized carbons (Fsp3) is 0.727. The molecule has 2 N–H and O–H groups in total. The molecule has 0 amide bonds. The molecule has 1 aliphatic rings. The second-order valence-electron chi connectivity index (χ2n) is 4.45. The summed E-state index contributed by atoms with van der Waals surface area (Å²) < 4.78 is 5.03. The summed E-state index contributed by atoms with van der Waals surface area (Å²) >= 11 is 0. The Labute approximate surface area is 99.4 Å². The third kappa shape index (κ3) is 2.46. The maximum Gasteiger partial charge on any atom is 0.323 e. The molecule has 0 unspecified atom stereocenters. The number of hydrogen-bond donors (Lipinski definition) is 2. The number of aryl methyl sites for hydroxylation is 1. The molecule has 94 valence electrons. The summed E-state index contributed by atoms with van der Waals surface area (Å²) in [6.45, 7) is 2.38. The van der Waals surface area contributed by atoms with Crippen LogP contribution in [0.15, 0.2) is 4.52 Å². The first kappa shape index (κ1) is 12.0. The quantitative estimate of drug-likeness (QED) is 0.773. The highest BCUT2D eigenvalue weighted by Gasteiger charge is 2.44. The van der Waals surface area contributed by atoms with E-state index < -0.39 is 11.5 Å². The molecule has 0 aromatic carbocycles. The Morgan fingerprint density at radius 2 is 2.35 bits per heavy atom. The molecule has 0 bridgehead atoms. The topological polar surface area (TPSA) is 88.2 Å². The van der Waals surface area contributed by atoms with Crippen molar-refractivity contribution in [2.75, 3.05) is 0 Å². The minimum atomic E-state index is -0.791. The molecule has 2 rings (SSSR count). The van der Waals surface area contributed by atoms with Crippen molar-refractivity contribution < 1.29 is 14.4 Å². The van der Waals surface area contributed by atoms with Gasteiger partial charge < -0.3 is 9.63 Å². The predicted octanol–water partition coefficient (Wildman–Crippen LogP) is 1.12. The zero-order valence-electron chi connectivity index (χ0n) is 9.90. The molecule has 0 saturated heterocycles. The molecule has 0 atom stereocenters. The molecule has 6 nitrogen and oxygen atoms in total. The molecule has 1 heterocycles. The Bertz CT molecular complexity index is 398. The Balaban J connectivity index is 1.90. The molecule has 0 radical (unpaired) electrons. The van der Waals surface area contributed by atoms with Crippen molar-refractivity contribution in [3.05, 3.63) is 11.7 Å². The van der Waals surface area contributed by atoms with Gasteiger partial charge in [-0.25, -0.2) is 0 Å². The van der Waals surface area contributed by atoms with Crippen molar-refractivity contribution in [2.45, 2.75) is 51.1 Å². The van der Waals surface area contributed by atoms with E-state index in [0.29, 0.717) is 31.1 Å². The van der Waals surface area contributed by atoms with Crippen LogP contribution >= 0.6 is 0 Å². The van der Waals surface area contributed by atoms with Gasteiger partial charge in [-0.1, -0.05) is 12.1 Å². The summed E-state index contributed by atoms with van der Waals surface area (Å²) in [6, 6.07) is 0. The third-order valence-corrected chi connectivity index (χ3v) is 3.18. The fourth-order valence-corrected chi connectivity index (χ4v) is 1.92. The predicted molar refractivity (Wildman–Crippen MR) is 59.4 cm³/mol. The first-order valence-electron chi connectivity index (χ1n) is 5.96. The Kier molecular flexibility index (Phi) is 3.42. The summed E-state index contributed by atoms with van der Waals surface area (Å²) in [7, 11) is 0. The average molecular weight is 239 g/mol. The van der Waals surface area contributed by atoms with Crippen molar-refractivity contribution in [2.24, 2.45) is 0 Å². The van der Waals surface area contributed by atoms with Crippen LogP contribution in [0.2, 0.25) is 0 Å². The largest absolute Gasteiger partial charge is 0.480 e. The monoisotopic (exact) mass is 239 g/mol. The summed E-state index contributed by atoms with van der Waals surface area (Å²) in [4.78, 5) is 15.3. The van der Waals surface area contributed by atoms with E-state index in [1.807, 2.05) is 6.92 Å². The number of carboxylic acids is 1. The molecule has 1 aliphatic carbocycles. The van der Waals surface area contributed by atoms with Gasteiger partial charge in [-0.15, -0.1) is 0 Å². The van der Waals surface area contributed by atoms with Gasteiger partial charge in [-0.2, -0.15) is 4.98 Å². The van der Waals surface area contributed by atoms with Crippen molar-refractivity contribution >= 4 is 5.97 Å². The Morgan fingerprint density at radius 3 is 2.88 bits per heavy atom. The van der Waals surface area contributed by atoms with Gasteiger partial charge >= 0.3 is 5.97 Å². The van der Waals surface area contributed by atoms with Crippen molar-refractivity contribution in [3.63, 3.8) is 0 Å². The zero-order chi connectivity index (χ0) is 12.3. The molecule has 6 heteroatoms. The molecule has 0 aliphatic heterocycles. The number of hydrogen-bond acceptors (Lipinski definition) is 5. The van der Waals surface area contributed by atoms with Crippen molar-refractivity contribution in [1.82, 2.24) is 15.5 Å². The van der Waals surface area contributed by atoms with Crippen LogP contribution in [-0.2, 0) is 17.8 Å².